The summed E-state index contributed by atoms with van der Waals surface area (Å²) < 4.78 is 31.2. The quantitative estimate of drug-likeness (QED) is 0.864. The first-order valence-electron chi connectivity index (χ1n) is 5.85. The SMILES string of the molecule is COc1ccc(S(=O)(=O)N(C)C2CC2)cc1CN. The highest BCUT2D eigenvalue weighted by Crippen LogP contribution is 2.31. The molecule has 0 aromatic heterocycles. The summed E-state index contributed by atoms with van der Waals surface area (Å²) in [7, 11) is -0.246. The van der Waals surface area contributed by atoms with Crippen LogP contribution in [0.3, 0.4) is 0 Å². The third-order valence-corrected chi connectivity index (χ3v) is 5.12. The lowest BCUT2D eigenvalue weighted by Crippen LogP contribution is -2.29. The van der Waals surface area contributed by atoms with E-state index in [1.807, 2.05) is 0 Å². The van der Waals surface area contributed by atoms with Crippen molar-refractivity contribution >= 4 is 10.0 Å². The monoisotopic (exact) mass is 270 g/mol. The second-order valence-corrected chi connectivity index (χ2v) is 6.43. The predicted octanol–water partition coefficient (Wildman–Crippen LogP) is 0.937. The minimum absolute atomic E-state index is 0.151. The topological polar surface area (TPSA) is 72.6 Å². The Labute approximate surface area is 108 Å². The number of nitrogens with zero attached hydrogens (tertiary/aromatic N) is 1. The molecule has 5 nitrogen and oxygen atoms in total. The van der Waals surface area contributed by atoms with Crippen LogP contribution in [-0.2, 0) is 16.6 Å². The standard InChI is InChI=1S/C12H18N2O3S/c1-14(10-3-4-10)18(15,16)11-5-6-12(17-2)9(7-11)8-13/h5-7,10H,3-4,8,13H2,1-2H3. The highest BCUT2D eigenvalue weighted by atomic mass is 32.2. The van der Waals surface area contributed by atoms with E-state index in [4.69, 9.17) is 10.5 Å². The maximum absolute atomic E-state index is 12.3. The van der Waals surface area contributed by atoms with Gasteiger partial charge < -0.3 is 10.5 Å². The Balaban J connectivity index is 2.38. The second kappa shape index (κ2) is 4.87. The zero-order valence-electron chi connectivity index (χ0n) is 10.6. The number of hydrogen-bond donors (Lipinski definition) is 1. The van der Waals surface area contributed by atoms with Crippen molar-refractivity contribution in [3.05, 3.63) is 23.8 Å². The van der Waals surface area contributed by atoms with Crippen molar-refractivity contribution in [1.82, 2.24) is 4.31 Å². The molecular weight excluding hydrogens is 252 g/mol. The van der Waals surface area contributed by atoms with Gasteiger partial charge in [0.15, 0.2) is 0 Å². The van der Waals surface area contributed by atoms with Gasteiger partial charge in [-0.15, -0.1) is 0 Å². The maximum Gasteiger partial charge on any atom is 0.243 e. The molecule has 0 atom stereocenters. The zero-order valence-corrected chi connectivity index (χ0v) is 11.4. The fraction of sp³-hybridized carbons (Fsp3) is 0.500. The molecule has 0 heterocycles. The fourth-order valence-corrected chi connectivity index (χ4v) is 3.34. The van der Waals surface area contributed by atoms with Crippen molar-refractivity contribution in [2.45, 2.75) is 30.3 Å². The number of ether oxygens (including phenoxy) is 1. The predicted molar refractivity (Wildman–Crippen MR) is 68.9 cm³/mol. The summed E-state index contributed by atoms with van der Waals surface area (Å²) in [6, 6.07) is 4.95. The average molecular weight is 270 g/mol. The molecule has 0 amide bonds. The van der Waals surface area contributed by atoms with Gasteiger partial charge in [0.2, 0.25) is 10.0 Å². The first-order chi connectivity index (χ1) is 8.50. The average Bonchev–Trinajstić information content (AvgIpc) is 3.21. The summed E-state index contributed by atoms with van der Waals surface area (Å²) in [5, 5.41) is 0. The molecule has 1 fully saturated rings. The fourth-order valence-electron chi connectivity index (χ4n) is 1.88. The van der Waals surface area contributed by atoms with Gasteiger partial charge in [-0.25, -0.2) is 8.42 Å². The molecule has 100 valence electrons. The molecule has 1 aromatic carbocycles. The third-order valence-electron chi connectivity index (χ3n) is 3.21. The van der Waals surface area contributed by atoms with E-state index in [0.717, 1.165) is 12.8 Å². The first-order valence-corrected chi connectivity index (χ1v) is 7.29. The number of hydrogen-bond acceptors (Lipinski definition) is 4. The van der Waals surface area contributed by atoms with E-state index in [1.165, 1.54) is 4.31 Å². The molecule has 0 bridgehead atoms. The van der Waals surface area contributed by atoms with E-state index >= 15 is 0 Å². The minimum atomic E-state index is -3.41. The van der Waals surface area contributed by atoms with Gasteiger partial charge in [0.25, 0.3) is 0 Å². The van der Waals surface area contributed by atoms with Gasteiger partial charge in [0, 0.05) is 25.2 Å². The van der Waals surface area contributed by atoms with Gasteiger partial charge in [-0.1, -0.05) is 0 Å². The molecule has 0 saturated heterocycles. The summed E-state index contributed by atoms with van der Waals surface area (Å²) >= 11 is 0. The van der Waals surface area contributed by atoms with E-state index in [1.54, 1.807) is 32.4 Å². The smallest absolute Gasteiger partial charge is 0.243 e. The Bertz CT molecular complexity index is 538. The molecule has 2 N–H and O–H groups in total. The number of nitrogens with two attached hydrogens (primary N) is 1. The molecule has 0 unspecified atom stereocenters. The summed E-state index contributed by atoms with van der Waals surface area (Å²) in [4.78, 5) is 0.276. The number of sulfonamides is 1. The highest BCUT2D eigenvalue weighted by Gasteiger charge is 2.35. The summed E-state index contributed by atoms with van der Waals surface area (Å²) in [6.45, 7) is 0.250. The van der Waals surface area contributed by atoms with Gasteiger partial charge in [0.1, 0.15) is 5.75 Å². The van der Waals surface area contributed by atoms with Crippen LogP contribution < -0.4 is 10.5 Å². The Kier molecular flexibility index (Phi) is 3.61. The van der Waals surface area contributed by atoms with Crippen LogP contribution in [0.1, 0.15) is 18.4 Å². The molecule has 1 aliphatic rings. The number of benzene rings is 1. The molecule has 0 aliphatic heterocycles. The minimum Gasteiger partial charge on any atom is -0.496 e. The third kappa shape index (κ3) is 2.36. The Morgan fingerprint density at radius 3 is 2.61 bits per heavy atom. The lowest BCUT2D eigenvalue weighted by atomic mass is 10.2. The van der Waals surface area contributed by atoms with Crippen LogP contribution in [0, 0.1) is 0 Å². The summed E-state index contributed by atoms with van der Waals surface area (Å²) in [6.07, 6.45) is 1.88. The molecule has 1 saturated carbocycles. The van der Waals surface area contributed by atoms with Gasteiger partial charge in [-0.3, -0.25) is 0 Å². The van der Waals surface area contributed by atoms with Gasteiger partial charge in [-0.2, -0.15) is 4.31 Å². The van der Waals surface area contributed by atoms with Crippen molar-refractivity contribution in [1.29, 1.82) is 0 Å². The molecule has 18 heavy (non-hydrogen) atoms. The van der Waals surface area contributed by atoms with Crippen molar-refractivity contribution in [2.24, 2.45) is 5.73 Å². The van der Waals surface area contributed by atoms with E-state index in [0.29, 0.717) is 11.3 Å². The molecule has 0 radical (unpaired) electrons. The van der Waals surface area contributed by atoms with E-state index in [9.17, 15) is 8.42 Å². The highest BCUT2D eigenvalue weighted by molar-refractivity contribution is 7.89. The van der Waals surface area contributed by atoms with Crippen LogP contribution in [-0.4, -0.2) is 32.9 Å². The van der Waals surface area contributed by atoms with Crippen LogP contribution in [0.25, 0.3) is 0 Å². The van der Waals surface area contributed by atoms with Gasteiger partial charge in [-0.05, 0) is 31.0 Å². The largest absolute Gasteiger partial charge is 0.496 e. The Hall–Kier alpha value is -1.11. The number of methoxy groups -OCH3 is 1. The molecular formula is C12H18N2O3S. The Morgan fingerprint density at radius 2 is 2.11 bits per heavy atom. The molecule has 6 heteroatoms. The summed E-state index contributed by atoms with van der Waals surface area (Å²) in [5.41, 5.74) is 6.30. The lowest BCUT2D eigenvalue weighted by molar-refractivity contribution is 0.409. The normalized spacial score (nSPS) is 16.0. The number of rotatable bonds is 5. The summed E-state index contributed by atoms with van der Waals surface area (Å²) in [5.74, 6) is 0.616. The van der Waals surface area contributed by atoms with E-state index in [-0.39, 0.29) is 17.5 Å². The molecule has 2 rings (SSSR count). The second-order valence-electron chi connectivity index (χ2n) is 4.43. The van der Waals surface area contributed by atoms with Crippen LogP contribution in [0.5, 0.6) is 5.75 Å². The van der Waals surface area contributed by atoms with Crippen LogP contribution in [0.4, 0.5) is 0 Å². The molecule has 1 aromatic rings. The first kappa shape index (κ1) is 13.3. The van der Waals surface area contributed by atoms with Gasteiger partial charge >= 0.3 is 0 Å². The van der Waals surface area contributed by atoms with Crippen molar-refractivity contribution < 1.29 is 13.2 Å². The van der Waals surface area contributed by atoms with Crippen molar-refractivity contribution in [3.63, 3.8) is 0 Å². The maximum atomic E-state index is 12.3. The van der Waals surface area contributed by atoms with E-state index in [2.05, 4.69) is 0 Å². The Morgan fingerprint density at radius 1 is 1.44 bits per heavy atom. The lowest BCUT2D eigenvalue weighted by Gasteiger charge is -2.17. The molecule has 0 spiro atoms. The van der Waals surface area contributed by atoms with Crippen molar-refractivity contribution in [2.75, 3.05) is 14.2 Å². The van der Waals surface area contributed by atoms with Crippen LogP contribution >= 0.6 is 0 Å². The van der Waals surface area contributed by atoms with E-state index < -0.39 is 10.0 Å². The van der Waals surface area contributed by atoms with Gasteiger partial charge in [0.05, 0.1) is 12.0 Å². The van der Waals surface area contributed by atoms with Crippen LogP contribution in [0.2, 0.25) is 0 Å². The van der Waals surface area contributed by atoms with Crippen LogP contribution in [0.15, 0.2) is 23.1 Å². The molecule has 1 aliphatic carbocycles. The van der Waals surface area contributed by atoms with Crippen molar-refractivity contribution in [3.8, 4) is 5.75 Å². The zero-order chi connectivity index (χ0) is 13.3.